The molecule has 0 heterocycles. The molecule has 1 fully saturated rings. The van der Waals surface area contributed by atoms with E-state index >= 15 is 0 Å². The summed E-state index contributed by atoms with van der Waals surface area (Å²) >= 11 is 0. The largest absolute Gasteiger partial charge is 0.489 e. The van der Waals surface area contributed by atoms with E-state index in [1.165, 1.54) is 56.1 Å². The lowest BCUT2D eigenvalue weighted by molar-refractivity contribution is 0.306. The minimum Gasteiger partial charge on any atom is -0.489 e. The standard InChI is InChI=1S/C22H29NO.ClH/c1-2-7-11-21(12-8-3-1)23-17-19-13-15-22(16-14-19)24-18-20-9-5-4-6-10-20;/h4-6,9-10,13-16,21,23H,1-3,7-8,11-12,17-18H2;1H. The molecule has 0 unspecified atom stereocenters. The Hall–Kier alpha value is -1.51. The van der Waals surface area contributed by atoms with Gasteiger partial charge in [-0.1, -0.05) is 74.6 Å². The number of hydrogen-bond acceptors (Lipinski definition) is 2. The van der Waals surface area contributed by atoms with Crippen LogP contribution >= 0.6 is 12.4 Å². The van der Waals surface area contributed by atoms with Gasteiger partial charge in [0.1, 0.15) is 12.4 Å². The highest BCUT2D eigenvalue weighted by atomic mass is 35.5. The molecule has 0 amide bonds. The van der Waals surface area contributed by atoms with E-state index in [0.717, 1.165) is 12.3 Å². The van der Waals surface area contributed by atoms with E-state index in [1.807, 2.05) is 18.2 Å². The van der Waals surface area contributed by atoms with Crippen molar-refractivity contribution in [3.05, 3.63) is 65.7 Å². The molecule has 3 heteroatoms. The Labute approximate surface area is 158 Å². The van der Waals surface area contributed by atoms with Crippen molar-refractivity contribution in [1.82, 2.24) is 5.32 Å². The van der Waals surface area contributed by atoms with Gasteiger partial charge < -0.3 is 10.1 Å². The molecular weight excluding hydrogens is 330 g/mol. The number of benzene rings is 2. The molecule has 25 heavy (non-hydrogen) atoms. The first-order chi connectivity index (χ1) is 11.9. The van der Waals surface area contributed by atoms with E-state index in [2.05, 4.69) is 41.7 Å². The van der Waals surface area contributed by atoms with Crippen LogP contribution < -0.4 is 10.1 Å². The van der Waals surface area contributed by atoms with Gasteiger partial charge in [0.25, 0.3) is 0 Å². The van der Waals surface area contributed by atoms with Crippen molar-refractivity contribution in [2.24, 2.45) is 0 Å². The summed E-state index contributed by atoms with van der Waals surface area (Å²) < 4.78 is 5.85. The second-order valence-electron chi connectivity index (χ2n) is 6.84. The molecule has 2 aromatic rings. The molecule has 1 N–H and O–H groups in total. The minimum atomic E-state index is 0. The third-order valence-corrected chi connectivity index (χ3v) is 4.87. The van der Waals surface area contributed by atoms with Crippen LogP contribution in [0.25, 0.3) is 0 Å². The van der Waals surface area contributed by atoms with Crippen LogP contribution in [0.5, 0.6) is 5.75 Å². The fourth-order valence-corrected chi connectivity index (χ4v) is 3.37. The average molecular weight is 360 g/mol. The first kappa shape index (κ1) is 19.8. The SMILES string of the molecule is Cl.c1ccc(COc2ccc(CNC3CCCCCCC3)cc2)cc1. The van der Waals surface area contributed by atoms with E-state index in [0.29, 0.717) is 12.6 Å². The zero-order chi connectivity index (χ0) is 16.5. The van der Waals surface area contributed by atoms with Crippen molar-refractivity contribution >= 4 is 12.4 Å². The lowest BCUT2D eigenvalue weighted by Crippen LogP contribution is -2.29. The van der Waals surface area contributed by atoms with E-state index in [-0.39, 0.29) is 12.4 Å². The topological polar surface area (TPSA) is 21.3 Å². The Morgan fingerprint density at radius 1 is 0.760 bits per heavy atom. The molecule has 2 nitrogen and oxygen atoms in total. The molecule has 2 aromatic carbocycles. The summed E-state index contributed by atoms with van der Waals surface area (Å²) in [4.78, 5) is 0. The minimum absolute atomic E-state index is 0. The van der Waals surface area contributed by atoms with Crippen molar-refractivity contribution in [3.8, 4) is 5.75 Å². The monoisotopic (exact) mass is 359 g/mol. The lowest BCUT2D eigenvalue weighted by Gasteiger charge is -2.21. The molecule has 3 rings (SSSR count). The van der Waals surface area contributed by atoms with Gasteiger partial charge >= 0.3 is 0 Å². The van der Waals surface area contributed by atoms with Crippen LogP contribution in [0.4, 0.5) is 0 Å². The molecule has 0 spiro atoms. The van der Waals surface area contributed by atoms with Crippen molar-refractivity contribution in [2.75, 3.05) is 0 Å². The van der Waals surface area contributed by atoms with Gasteiger partial charge in [-0.25, -0.2) is 0 Å². The first-order valence-corrected chi connectivity index (χ1v) is 9.39. The normalized spacial score (nSPS) is 15.7. The van der Waals surface area contributed by atoms with E-state index in [9.17, 15) is 0 Å². The first-order valence-electron chi connectivity index (χ1n) is 9.39. The summed E-state index contributed by atoms with van der Waals surface area (Å²) in [6.07, 6.45) is 9.67. The van der Waals surface area contributed by atoms with Gasteiger partial charge in [0, 0.05) is 12.6 Å². The third-order valence-electron chi connectivity index (χ3n) is 4.87. The Balaban J connectivity index is 0.00000225. The second kappa shape index (κ2) is 11.2. The predicted molar refractivity (Wildman–Crippen MR) is 107 cm³/mol. The Morgan fingerprint density at radius 3 is 2.08 bits per heavy atom. The maximum Gasteiger partial charge on any atom is 0.119 e. The summed E-state index contributed by atoms with van der Waals surface area (Å²) in [5.74, 6) is 0.938. The number of hydrogen-bond donors (Lipinski definition) is 1. The molecule has 0 bridgehead atoms. The summed E-state index contributed by atoms with van der Waals surface area (Å²) in [6, 6.07) is 19.5. The smallest absolute Gasteiger partial charge is 0.119 e. The van der Waals surface area contributed by atoms with Crippen LogP contribution in [-0.2, 0) is 13.2 Å². The van der Waals surface area contributed by atoms with Crippen LogP contribution in [0.1, 0.15) is 56.1 Å². The molecule has 0 aliphatic heterocycles. The zero-order valence-corrected chi connectivity index (χ0v) is 15.8. The van der Waals surface area contributed by atoms with Crippen LogP contribution in [0.15, 0.2) is 54.6 Å². The second-order valence-corrected chi connectivity index (χ2v) is 6.84. The maximum atomic E-state index is 5.85. The summed E-state index contributed by atoms with van der Waals surface area (Å²) in [7, 11) is 0. The quantitative estimate of drug-likeness (QED) is 0.694. The van der Waals surface area contributed by atoms with Crippen LogP contribution in [0.3, 0.4) is 0 Å². The van der Waals surface area contributed by atoms with E-state index in [4.69, 9.17) is 4.74 Å². The highest BCUT2D eigenvalue weighted by Gasteiger charge is 2.10. The van der Waals surface area contributed by atoms with Crippen molar-refractivity contribution < 1.29 is 4.74 Å². The molecule has 1 aliphatic carbocycles. The van der Waals surface area contributed by atoms with Gasteiger partial charge in [0.05, 0.1) is 0 Å². The predicted octanol–water partition coefficient (Wildman–Crippen LogP) is 5.89. The summed E-state index contributed by atoms with van der Waals surface area (Å²) in [5.41, 5.74) is 2.54. The molecular formula is C22H30ClNO. The molecule has 0 radical (unpaired) electrons. The van der Waals surface area contributed by atoms with Gasteiger partial charge in [0.15, 0.2) is 0 Å². The Bertz CT molecular complexity index is 577. The van der Waals surface area contributed by atoms with E-state index in [1.54, 1.807) is 0 Å². The van der Waals surface area contributed by atoms with E-state index < -0.39 is 0 Å². The average Bonchev–Trinajstić information content (AvgIpc) is 2.61. The molecule has 0 saturated heterocycles. The van der Waals surface area contributed by atoms with Crippen LogP contribution in [0.2, 0.25) is 0 Å². The van der Waals surface area contributed by atoms with Crippen LogP contribution in [-0.4, -0.2) is 6.04 Å². The van der Waals surface area contributed by atoms with Crippen molar-refractivity contribution in [1.29, 1.82) is 0 Å². The van der Waals surface area contributed by atoms with Gasteiger partial charge in [0.2, 0.25) is 0 Å². The number of rotatable bonds is 6. The fraction of sp³-hybridized carbons (Fsp3) is 0.455. The van der Waals surface area contributed by atoms with Crippen LogP contribution in [0, 0.1) is 0 Å². The molecule has 1 saturated carbocycles. The van der Waals surface area contributed by atoms with Crippen molar-refractivity contribution in [3.63, 3.8) is 0 Å². The summed E-state index contributed by atoms with van der Waals surface area (Å²) in [6.45, 7) is 1.59. The lowest BCUT2D eigenvalue weighted by atomic mass is 9.96. The highest BCUT2D eigenvalue weighted by Crippen LogP contribution is 2.18. The number of halogens is 1. The summed E-state index contributed by atoms with van der Waals surface area (Å²) in [5, 5.41) is 3.74. The van der Waals surface area contributed by atoms with Gasteiger partial charge in [-0.15, -0.1) is 12.4 Å². The van der Waals surface area contributed by atoms with Gasteiger partial charge in [-0.3, -0.25) is 0 Å². The van der Waals surface area contributed by atoms with Gasteiger partial charge in [-0.05, 0) is 36.1 Å². The van der Waals surface area contributed by atoms with Gasteiger partial charge in [-0.2, -0.15) is 0 Å². The number of ether oxygens (including phenoxy) is 1. The zero-order valence-electron chi connectivity index (χ0n) is 15.0. The molecule has 0 aromatic heterocycles. The molecule has 136 valence electrons. The molecule has 1 aliphatic rings. The van der Waals surface area contributed by atoms with Crippen molar-refractivity contribution in [2.45, 2.75) is 64.1 Å². The fourth-order valence-electron chi connectivity index (χ4n) is 3.37. The maximum absolute atomic E-state index is 5.85. The number of nitrogens with one attached hydrogen (secondary N) is 1. The third kappa shape index (κ3) is 7.09. The molecule has 0 atom stereocenters. The Kier molecular flexibility index (Phi) is 8.85. The highest BCUT2D eigenvalue weighted by molar-refractivity contribution is 5.85. The Morgan fingerprint density at radius 2 is 1.40 bits per heavy atom.